The van der Waals surface area contributed by atoms with Gasteiger partial charge in [-0.25, -0.2) is 4.98 Å². The maximum Gasteiger partial charge on any atom is 0.168 e. The Kier molecular flexibility index (Phi) is 7.91. The molecule has 0 amide bonds. The molecule has 4 nitrogen and oxygen atoms in total. The van der Waals surface area contributed by atoms with Gasteiger partial charge in [0.15, 0.2) is 5.78 Å². The number of carbonyl (C=O) groups is 1. The smallest absolute Gasteiger partial charge is 0.168 e. The Labute approximate surface area is 175 Å². The average Bonchev–Trinajstić information content (AvgIpc) is 3.18. The first kappa shape index (κ1) is 21.6. The number of nitrogens with zero attached hydrogens (tertiary/aromatic N) is 2. The zero-order chi connectivity index (χ0) is 20.6. The summed E-state index contributed by atoms with van der Waals surface area (Å²) in [7, 11) is 0. The van der Waals surface area contributed by atoms with E-state index < -0.39 is 0 Å². The van der Waals surface area contributed by atoms with Gasteiger partial charge < -0.3 is 9.30 Å². The molecule has 1 unspecified atom stereocenters. The van der Waals surface area contributed by atoms with Crippen LogP contribution in [0.25, 0.3) is 0 Å². The lowest BCUT2D eigenvalue weighted by molar-refractivity contribution is 0.0901. The summed E-state index contributed by atoms with van der Waals surface area (Å²) in [6.07, 6.45) is 13.3. The van der Waals surface area contributed by atoms with Gasteiger partial charge in [0, 0.05) is 36.8 Å². The summed E-state index contributed by atoms with van der Waals surface area (Å²) in [5.74, 6) is 2.35. The summed E-state index contributed by atoms with van der Waals surface area (Å²) in [5.41, 5.74) is 3.45. The van der Waals surface area contributed by atoms with Crippen LogP contribution in [0.4, 0.5) is 0 Å². The molecule has 0 saturated carbocycles. The maximum atomic E-state index is 13.5. The molecule has 1 heterocycles. The SMILES string of the molecule is CCCCOc1ccc(C(=O)C(CC)Cn2ccnc2CCC)c2c1CCCC2. The van der Waals surface area contributed by atoms with E-state index in [2.05, 4.69) is 30.3 Å². The summed E-state index contributed by atoms with van der Waals surface area (Å²) in [6.45, 7) is 7.94. The molecule has 1 atom stereocenters. The molecule has 0 spiro atoms. The van der Waals surface area contributed by atoms with E-state index in [-0.39, 0.29) is 11.7 Å². The van der Waals surface area contributed by atoms with E-state index in [4.69, 9.17) is 4.74 Å². The summed E-state index contributed by atoms with van der Waals surface area (Å²) in [5, 5.41) is 0. The van der Waals surface area contributed by atoms with E-state index in [1.54, 1.807) is 0 Å². The molecule has 1 aromatic heterocycles. The van der Waals surface area contributed by atoms with Gasteiger partial charge in [0.2, 0.25) is 0 Å². The summed E-state index contributed by atoms with van der Waals surface area (Å²) < 4.78 is 8.24. The predicted molar refractivity (Wildman–Crippen MR) is 118 cm³/mol. The average molecular weight is 397 g/mol. The van der Waals surface area contributed by atoms with E-state index in [0.29, 0.717) is 6.54 Å². The highest BCUT2D eigenvalue weighted by Crippen LogP contribution is 2.34. The van der Waals surface area contributed by atoms with Crippen molar-refractivity contribution >= 4 is 5.78 Å². The topological polar surface area (TPSA) is 44.1 Å². The lowest BCUT2D eigenvalue weighted by Gasteiger charge is -2.24. The second-order valence-electron chi connectivity index (χ2n) is 8.19. The van der Waals surface area contributed by atoms with Crippen LogP contribution < -0.4 is 4.74 Å². The molecule has 1 aliphatic carbocycles. The number of fused-ring (bicyclic) bond motifs is 1. The highest BCUT2D eigenvalue weighted by molar-refractivity contribution is 5.99. The van der Waals surface area contributed by atoms with Gasteiger partial charge in [0.25, 0.3) is 0 Å². The quantitative estimate of drug-likeness (QED) is 0.356. The van der Waals surface area contributed by atoms with Crippen LogP contribution in [0.15, 0.2) is 24.5 Å². The van der Waals surface area contributed by atoms with Crippen LogP contribution in [0.3, 0.4) is 0 Å². The molecule has 0 N–H and O–H groups in total. The number of carbonyl (C=O) groups excluding carboxylic acids is 1. The normalized spacial score (nSPS) is 14.4. The van der Waals surface area contributed by atoms with E-state index in [0.717, 1.165) is 75.1 Å². The van der Waals surface area contributed by atoms with Gasteiger partial charge in [0.05, 0.1) is 6.61 Å². The molecule has 0 saturated heterocycles. The Hall–Kier alpha value is -2.10. The van der Waals surface area contributed by atoms with Gasteiger partial charge in [0.1, 0.15) is 11.6 Å². The number of imidazole rings is 1. The van der Waals surface area contributed by atoms with Crippen molar-refractivity contribution in [2.75, 3.05) is 6.61 Å². The number of benzene rings is 1. The summed E-state index contributed by atoms with van der Waals surface area (Å²) in [4.78, 5) is 18.0. The van der Waals surface area contributed by atoms with Gasteiger partial charge >= 0.3 is 0 Å². The fourth-order valence-electron chi connectivity index (χ4n) is 4.34. The first-order chi connectivity index (χ1) is 14.2. The van der Waals surface area contributed by atoms with Crippen molar-refractivity contribution in [3.63, 3.8) is 0 Å². The molecular weight excluding hydrogens is 360 g/mol. The van der Waals surface area contributed by atoms with Gasteiger partial charge in [-0.15, -0.1) is 0 Å². The Morgan fingerprint density at radius 3 is 2.66 bits per heavy atom. The van der Waals surface area contributed by atoms with Crippen LogP contribution in [0.5, 0.6) is 5.75 Å². The van der Waals surface area contributed by atoms with Crippen LogP contribution in [0, 0.1) is 5.92 Å². The lowest BCUT2D eigenvalue weighted by Crippen LogP contribution is -2.23. The number of unbranched alkanes of at least 4 members (excludes halogenated alkanes) is 1. The molecule has 2 aromatic rings. The fourth-order valence-corrected chi connectivity index (χ4v) is 4.34. The standard InChI is InChI=1S/C25H36N2O2/c1-4-7-17-29-23-14-13-22(20-11-8-9-12-21(20)23)25(28)19(6-3)18-27-16-15-26-24(27)10-5-2/h13-16,19H,4-12,17-18H2,1-3H3. The lowest BCUT2D eigenvalue weighted by atomic mass is 9.83. The third-order valence-electron chi connectivity index (χ3n) is 6.07. The molecule has 158 valence electrons. The van der Waals surface area contributed by atoms with Crippen LogP contribution in [-0.4, -0.2) is 21.9 Å². The zero-order valence-electron chi connectivity index (χ0n) is 18.4. The molecule has 0 fully saturated rings. The second-order valence-corrected chi connectivity index (χ2v) is 8.19. The highest BCUT2D eigenvalue weighted by Gasteiger charge is 2.26. The number of aromatic nitrogens is 2. The molecule has 3 rings (SSSR count). The minimum Gasteiger partial charge on any atom is -0.493 e. The summed E-state index contributed by atoms with van der Waals surface area (Å²) in [6, 6.07) is 4.07. The second kappa shape index (κ2) is 10.6. The number of ketones is 1. The van der Waals surface area contributed by atoms with Gasteiger partial charge in [-0.2, -0.15) is 0 Å². The zero-order valence-corrected chi connectivity index (χ0v) is 18.4. The Bertz CT molecular complexity index is 809. The maximum absolute atomic E-state index is 13.5. The van der Waals surface area contributed by atoms with Crippen LogP contribution in [-0.2, 0) is 25.8 Å². The van der Waals surface area contributed by atoms with Crippen molar-refractivity contribution in [3.05, 3.63) is 47.0 Å². The first-order valence-corrected chi connectivity index (χ1v) is 11.5. The minimum atomic E-state index is -0.0160. The van der Waals surface area contributed by atoms with Crippen molar-refractivity contribution in [2.45, 2.75) is 85.1 Å². The van der Waals surface area contributed by atoms with Crippen LogP contribution in [0.2, 0.25) is 0 Å². The van der Waals surface area contributed by atoms with Crippen molar-refractivity contribution in [1.29, 1.82) is 0 Å². The van der Waals surface area contributed by atoms with Crippen LogP contribution >= 0.6 is 0 Å². The van der Waals surface area contributed by atoms with Gasteiger partial charge in [-0.3, -0.25) is 4.79 Å². The predicted octanol–water partition coefficient (Wildman–Crippen LogP) is 5.80. The Balaban J connectivity index is 1.84. The molecule has 1 aromatic carbocycles. The van der Waals surface area contributed by atoms with E-state index >= 15 is 0 Å². The fraction of sp³-hybridized carbons (Fsp3) is 0.600. The molecular formula is C25H36N2O2. The molecule has 0 aliphatic heterocycles. The minimum absolute atomic E-state index is 0.0160. The molecule has 4 heteroatoms. The van der Waals surface area contributed by atoms with E-state index in [1.807, 2.05) is 24.5 Å². The first-order valence-electron chi connectivity index (χ1n) is 11.5. The number of aryl methyl sites for hydroxylation is 1. The van der Waals surface area contributed by atoms with Crippen LogP contribution in [0.1, 0.15) is 86.6 Å². The van der Waals surface area contributed by atoms with Crippen molar-refractivity contribution < 1.29 is 9.53 Å². The number of ether oxygens (including phenoxy) is 1. The Morgan fingerprint density at radius 2 is 1.93 bits per heavy atom. The summed E-state index contributed by atoms with van der Waals surface area (Å²) >= 11 is 0. The molecule has 1 aliphatic rings. The molecule has 29 heavy (non-hydrogen) atoms. The number of hydrogen-bond donors (Lipinski definition) is 0. The highest BCUT2D eigenvalue weighted by atomic mass is 16.5. The third-order valence-corrected chi connectivity index (χ3v) is 6.07. The molecule has 0 radical (unpaired) electrons. The van der Waals surface area contributed by atoms with Gasteiger partial charge in [-0.05, 0) is 68.2 Å². The van der Waals surface area contributed by atoms with Crippen molar-refractivity contribution in [3.8, 4) is 5.75 Å². The van der Waals surface area contributed by atoms with E-state index in [1.165, 1.54) is 17.5 Å². The van der Waals surface area contributed by atoms with Crippen molar-refractivity contribution in [2.24, 2.45) is 5.92 Å². The monoisotopic (exact) mass is 396 g/mol. The number of Topliss-reactive ketones (excluding diaryl/α,β-unsaturated/α-hetero) is 1. The van der Waals surface area contributed by atoms with Crippen molar-refractivity contribution in [1.82, 2.24) is 9.55 Å². The Morgan fingerprint density at radius 1 is 1.14 bits per heavy atom. The van der Waals surface area contributed by atoms with E-state index in [9.17, 15) is 4.79 Å². The largest absolute Gasteiger partial charge is 0.493 e. The third kappa shape index (κ3) is 5.09. The van der Waals surface area contributed by atoms with Gasteiger partial charge in [-0.1, -0.05) is 27.2 Å². The molecule has 0 bridgehead atoms. The number of rotatable bonds is 11. The number of hydrogen-bond acceptors (Lipinski definition) is 3.